The molecule has 0 amide bonds. The summed E-state index contributed by atoms with van der Waals surface area (Å²) >= 11 is 0. The van der Waals surface area contributed by atoms with Gasteiger partial charge in [0.05, 0.1) is 11.3 Å². The number of anilines is 1. The van der Waals surface area contributed by atoms with E-state index in [0.717, 1.165) is 31.6 Å². The van der Waals surface area contributed by atoms with Gasteiger partial charge >= 0.3 is 0 Å². The van der Waals surface area contributed by atoms with E-state index in [-0.39, 0.29) is 5.82 Å². The molecule has 2 atom stereocenters. The fourth-order valence-corrected chi connectivity index (χ4v) is 2.65. The van der Waals surface area contributed by atoms with E-state index in [9.17, 15) is 9.65 Å². The summed E-state index contributed by atoms with van der Waals surface area (Å²) in [4.78, 5) is 2.25. The smallest absolute Gasteiger partial charge is 0.124 e. The van der Waals surface area contributed by atoms with Crippen LogP contribution in [0.1, 0.15) is 32.3 Å². The Hall–Kier alpha value is -1.60. The van der Waals surface area contributed by atoms with Gasteiger partial charge in [-0.3, -0.25) is 0 Å². The Labute approximate surface area is 114 Å². The van der Waals surface area contributed by atoms with Crippen molar-refractivity contribution in [3.05, 3.63) is 29.6 Å². The summed E-state index contributed by atoms with van der Waals surface area (Å²) in [5.74, 6) is -0.351. The van der Waals surface area contributed by atoms with Gasteiger partial charge < -0.3 is 10.2 Å². The zero-order chi connectivity index (χ0) is 13.8. The molecule has 1 aromatic rings. The highest BCUT2D eigenvalue weighted by molar-refractivity contribution is 5.60. The maximum atomic E-state index is 13.2. The van der Waals surface area contributed by atoms with Crippen molar-refractivity contribution in [3.63, 3.8) is 0 Å². The lowest BCUT2D eigenvalue weighted by molar-refractivity contribution is 0.378. The molecule has 19 heavy (non-hydrogen) atoms. The Morgan fingerprint density at radius 2 is 2.21 bits per heavy atom. The van der Waals surface area contributed by atoms with Crippen LogP contribution in [-0.4, -0.2) is 25.2 Å². The van der Waals surface area contributed by atoms with Gasteiger partial charge in [0.15, 0.2) is 0 Å². The third-order valence-corrected chi connectivity index (χ3v) is 3.85. The molecule has 1 saturated heterocycles. The topological polar surface area (TPSA) is 39.1 Å². The summed E-state index contributed by atoms with van der Waals surface area (Å²) < 4.78 is 13.2. The van der Waals surface area contributed by atoms with Crippen molar-refractivity contribution in [2.75, 3.05) is 18.0 Å². The van der Waals surface area contributed by atoms with Gasteiger partial charge in [-0.25, -0.2) is 4.39 Å². The minimum atomic E-state index is -0.351. The minimum absolute atomic E-state index is 0.351. The molecule has 102 valence electrons. The zero-order valence-electron chi connectivity index (χ0n) is 11.5. The number of hydrogen-bond donors (Lipinski definition) is 1. The number of benzene rings is 1. The van der Waals surface area contributed by atoms with Gasteiger partial charge in [0.2, 0.25) is 0 Å². The SMILES string of the molecule is CCC1CN(c2ccc(F)cc2C#N)C(CC)CN1. The van der Waals surface area contributed by atoms with Gasteiger partial charge in [0.25, 0.3) is 0 Å². The van der Waals surface area contributed by atoms with E-state index in [1.165, 1.54) is 12.1 Å². The van der Waals surface area contributed by atoms with Gasteiger partial charge in [0, 0.05) is 25.2 Å². The molecule has 1 fully saturated rings. The molecule has 1 heterocycles. The van der Waals surface area contributed by atoms with E-state index in [4.69, 9.17) is 0 Å². The standard InChI is InChI=1S/C15H20FN3/c1-3-13-10-19(14(4-2)9-18-13)15-6-5-12(16)7-11(15)8-17/h5-7,13-14,18H,3-4,9-10H2,1-2H3. The summed E-state index contributed by atoms with van der Waals surface area (Å²) in [6.07, 6.45) is 2.06. The number of nitrogens with zero attached hydrogens (tertiary/aromatic N) is 2. The highest BCUT2D eigenvalue weighted by Crippen LogP contribution is 2.26. The Bertz CT molecular complexity index is 481. The van der Waals surface area contributed by atoms with Gasteiger partial charge in [-0.2, -0.15) is 5.26 Å². The number of nitrogens with one attached hydrogen (secondary N) is 1. The molecule has 2 rings (SSSR count). The van der Waals surface area contributed by atoms with Crippen LogP contribution in [0.15, 0.2) is 18.2 Å². The van der Waals surface area contributed by atoms with E-state index in [1.54, 1.807) is 6.07 Å². The number of nitriles is 1. The van der Waals surface area contributed by atoms with E-state index in [0.29, 0.717) is 17.6 Å². The first kappa shape index (κ1) is 13.8. The highest BCUT2D eigenvalue weighted by atomic mass is 19.1. The normalized spacial score (nSPS) is 23.2. The third kappa shape index (κ3) is 2.87. The first-order chi connectivity index (χ1) is 9.19. The summed E-state index contributed by atoms with van der Waals surface area (Å²) in [5.41, 5.74) is 1.28. The van der Waals surface area contributed by atoms with Gasteiger partial charge in [-0.05, 0) is 31.0 Å². The molecule has 0 aromatic heterocycles. The number of rotatable bonds is 3. The van der Waals surface area contributed by atoms with Crippen LogP contribution in [-0.2, 0) is 0 Å². The van der Waals surface area contributed by atoms with Crippen molar-refractivity contribution in [1.29, 1.82) is 5.26 Å². The summed E-state index contributed by atoms with van der Waals surface area (Å²) in [6, 6.07) is 7.39. The maximum absolute atomic E-state index is 13.2. The predicted octanol–water partition coefficient (Wildman–Crippen LogP) is 2.66. The summed E-state index contributed by atoms with van der Waals surface area (Å²) in [6.45, 7) is 6.08. The van der Waals surface area contributed by atoms with Crippen LogP contribution >= 0.6 is 0 Å². The Morgan fingerprint density at radius 1 is 1.42 bits per heavy atom. The molecule has 2 unspecified atom stereocenters. The molecule has 1 aromatic carbocycles. The fraction of sp³-hybridized carbons (Fsp3) is 0.533. The molecule has 0 radical (unpaired) electrons. The first-order valence-electron chi connectivity index (χ1n) is 6.89. The average Bonchev–Trinajstić information content (AvgIpc) is 2.46. The highest BCUT2D eigenvalue weighted by Gasteiger charge is 2.27. The van der Waals surface area contributed by atoms with Crippen LogP contribution in [0.3, 0.4) is 0 Å². The summed E-state index contributed by atoms with van der Waals surface area (Å²) in [7, 11) is 0. The third-order valence-electron chi connectivity index (χ3n) is 3.85. The predicted molar refractivity (Wildman–Crippen MR) is 74.6 cm³/mol. The largest absolute Gasteiger partial charge is 0.365 e. The average molecular weight is 261 g/mol. The number of piperazine rings is 1. The molecule has 4 heteroatoms. The zero-order valence-corrected chi connectivity index (χ0v) is 11.5. The fourth-order valence-electron chi connectivity index (χ4n) is 2.65. The number of hydrogen-bond acceptors (Lipinski definition) is 3. The van der Waals surface area contributed by atoms with Crippen LogP contribution in [0.2, 0.25) is 0 Å². The minimum Gasteiger partial charge on any atom is -0.365 e. The van der Waals surface area contributed by atoms with Gasteiger partial charge in [-0.1, -0.05) is 13.8 Å². The second-order valence-electron chi connectivity index (χ2n) is 5.00. The molecule has 1 aliphatic heterocycles. The van der Waals surface area contributed by atoms with Crippen molar-refractivity contribution in [2.45, 2.75) is 38.8 Å². The lowest BCUT2D eigenvalue weighted by Crippen LogP contribution is -2.56. The van der Waals surface area contributed by atoms with E-state index in [2.05, 4.69) is 30.1 Å². The molecule has 1 N–H and O–H groups in total. The Morgan fingerprint density at radius 3 is 2.84 bits per heavy atom. The molecule has 1 aliphatic rings. The van der Waals surface area contributed by atoms with Crippen LogP contribution in [0.5, 0.6) is 0 Å². The van der Waals surface area contributed by atoms with E-state index < -0.39 is 0 Å². The lowest BCUT2D eigenvalue weighted by Gasteiger charge is -2.42. The molecule has 0 spiro atoms. The molecule has 0 bridgehead atoms. The van der Waals surface area contributed by atoms with Crippen molar-refractivity contribution in [1.82, 2.24) is 5.32 Å². The molecule has 3 nitrogen and oxygen atoms in total. The van der Waals surface area contributed by atoms with Crippen molar-refractivity contribution < 1.29 is 4.39 Å². The van der Waals surface area contributed by atoms with Crippen molar-refractivity contribution in [3.8, 4) is 6.07 Å². The van der Waals surface area contributed by atoms with Crippen LogP contribution in [0, 0.1) is 17.1 Å². The Balaban J connectivity index is 2.34. The van der Waals surface area contributed by atoms with E-state index in [1.807, 2.05) is 0 Å². The molecular weight excluding hydrogens is 241 g/mol. The van der Waals surface area contributed by atoms with Gasteiger partial charge in [0.1, 0.15) is 11.9 Å². The quantitative estimate of drug-likeness (QED) is 0.909. The Kier molecular flexibility index (Phi) is 4.39. The maximum Gasteiger partial charge on any atom is 0.124 e. The summed E-state index contributed by atoms with van der Waals surface area (Å²) in [5, 5.41) is 12.7. The second kappa shape index (κ2) is 6.03. The molecule has 0 saturated carbocycles. The van der Waals surface area contributed by atoms with Crippen molar-refractivity contribution in [2.24, 2.45) is 0 Å². The lowest BCUT2D eigenvalue weighted by atomic mass is 10.0. The van der Waals surface area contributed by atoms with Crippen LogP contribution in [0.4, 0.5) is 10.1 Å². The number of halogens is 1. The molecular formula is C15H20FN3. The van der Waals surface area contributed by atoms with Crippen LogP contribution < -0.4 is 10.2 Å². The first-order valence-corrected chi connectivity index (χ1v) is 6.89. The van der Waals surface area contributed by atoms with Crippen LogP contribution in [0.25, 0.3) is 0 Å². The van der Waals surface area contributed by atoms with E-state index >= 15 is 0 Å². The van der Waals surface area contributed by atoms with Gasteiger partial charge in [-0.15, -0.1) is 0 Å². The van der Waals surface area contributed by atoms with Crippen molar-refractivity contribution >= 4 is 5.69 Å². The monoisotopic (exact) mass is 261 g/mol. The molecule has 0 aliphatic carbocycles. The second-order valence-corrected chi connectivity index (χ2v) is 5.00.